The van der Waals surface area contributed by atoms with Crippen LogP contribution in [-0.2, 0) is 19.4 Å². The summed E-state index contributed by atoms with van der Waals surface area (Å²) in [5.41, 5.74) is 4.98. The number of hydrogen-bond acceptors (Lipinski definition) is 1. The van der Waals surface area contributed by atoms with E-state index in [9.17, 15) is 0 Å². The molecule has 20 heavy (non-hydrogen) atoms. The van der Waals surface area contributed by atoms with Crippen LogP contribution in [0.2, 0.25) is 10.0 Å². The Morgan fingerprint density at radius 1 is 0.900 bits per heavy atom. The number of anilines is 1. The van der Waals surface area contributed by atoms with Gasteiger partial charge in [-0.1, -0.05) is 61.3 Å². The Morgan fingerprint density at radius 2 is 1.55 bits per heavy atom. The molecule has 0 saturated carbocycles. The van der Waals surface area contributed by atoms with Crippen molar-refractivity contribution in [2.75, 3.05) is 5.32 Å². The summed E-state index contributed by atoms with van der Waals surface area (Å²) in [6.45, 7) is 5.06. The number of nitrogens with one attached hydrogen (secondary N) is 1. The summed E-state index contributed by atoms with van der Waals surface area (Å²) in [7, 11) is 0. The fourth-order valence-corrected chi connectivity index (χ4v) is 2.79. The van der Waals surface area contributed by atoms with E-state index in [0.29, 0.717) is 16.6 Å². The Balaban J connectivity index is 2.22. The quantitative estimate of drug-likeness (QED) is 0.743. The molecule has 0 aliphatic rings. The van der Waals surface area contributed by atoms with E-state index in [1.807, 2.05) is 12.1 Å². The molecule has 0 aromatic heterocycles. The first-order chi connectivity index (χ1) is 9.65. The number of benzene rings is 2. The molecule has 106 valence electrons. The summed E-state index contributed by atoms with van der Waals surface area (Å²) < 4.78 is 0. The van der Waals surface area contributed by atoms with Gasteiger partial charge in [-0.2, -0.15) is 0 Å². The van der Waals surface area contributed by atoms with Gasteiger partial charge in [-0.3, -0.25) is 0 Å². The maximum Gasteiger partial charge on any atom is 0.0470 e. The maximum atomic E-state index is 6.22. The van der Waals surface area contributed by atoms with Gasteiger partial charge >= 0.3 is 0 Å². The molecule has 3 heteroatoms. The molecule has 0 atom stereocenters. The van der Waals surface area contributed by atoms with Crippen molar-refractivity contribution in [3.8, 4) is 0 Å². The standard InChI is InChI=1S/C17H19Cl2N/c1-3-12-6-5-7-13(4-2)17(12)20-11-14-8-9-15(18)10-16(14)19/h5-10,20H,3-4,11H2,1-2H3. The highest BCUT2D eigenvalue weighted by atomic mass is 35.5. The average Bonchev–Trinajstić information content (AvgIpc) is 2.46. The molecule has 2 rings (SSSR count). The number of rotatable bonds is 5. The molecular formula is C17H19Cl2N. The highest BCUT2D eigenvalue weighted by Gasteiger charge is 2.07. The summed E-state index contributed by atoms with van der Waals surface area (Å²) in [5.74, 6) is 0. The largest absolute Gasteiger partial charge is 0.380 e. The predicted octanol–water partition coefficient (Wildman–Crippen LogP) is 5.73. The molecule has 0 unspecified atom stereocenters. The lowest BCUT2D eigenvalue weighted by atomic mass is 10.0. The molecule has 0 radical (unpaired) electrons. The second-order valence-electron chi connectivity index (χ2n) is 4.75. The van der Waals surface area contributed by atoms with Crippen LogP contribution in [0.15, 0.2) is 36.4 Å². The average molecular weight is 308 g/mol. The fourth-order valence-electron chi connectivity index (χ4n) is 2.32. The van der Waals surface area contributed by atoms with Crippen LogP contribution in [0.5, 0.6) is 0 Å². The molecule has 1 nitrogen and oxygen atoms in total. The lowest BCUT2D eigenvalue weighted by Crippen LogP contribution is -2.05. The second kappa shape index (κ2) is 7.01. The third kappa shape index (κ3) is 3.47. The van der Waals surface area contributed by atoms with Gasteiger partial charge < -0.3 is 5.32 Å². The highest BCUT2D eigenvalue weighted by molar-refractivity contribution is 6.35. The first kappa shape index (κ1) is 15.2. The van der Waals surface area contributed by atoms with E-state index in [-0.39, 0.29) is 0 Å². The minimum atomic E-state index is 0.668. The van der Waals surface area contributed by atoms with Crippen LogP contribution in [0.3, 0.4) is 0 Å². The van der Waals surface area contributed by atoms with Gasteiger partial charge in [0.1, 0.15) is 0 Å². The Hall–Kier alpha value is -1.18. The van der Waals surface area contributed by atoms with Crippen LogP contribution in [0.25, 0.3) is 0 Å². The Bertz CT molecular complexity index is 571. The first-order valence-electron chi connectivity index (χ1n) is 6.94. The van der Waals surface area contributed by atoms with Crippen LogP contribution in [0.1, 0.15) is 30.5 Å². The zero-order valence-corrected chi connectivity index (χ0v) is 13.4. The summed E-state index contributed by atoms with van der Waals surface area (Å²) >= 11 is 12.1. The van der Waals surface area contributed by atoms with Crippen LogP contribution in [0.4, 0.5) is 5.69 Å². The first-order valence-corrected chi connectivity index (χ1v) is 7.69. The van der Waals surface area contributed by atoms with Crippen molar-refractivity contribution in [1.29, 1.82) is 0 Å². The lowest BCUT2D eigenvalue weighted by Gasteiger charge is -2.16. The van der Waals surface area contributed by atoms with Crippen molar-refractivity contribution in [2.45, 2.75) is 33.2 Å². The smallest absolute Gasteiger partial charge is 0.0470 e. The minimum absolute atomic E-state index is 0.668. The number of halogens is 2. The summed E-state index contributed by atoms with van der Waals surface area (Å²) in [6, 6.07) is 12.1. The monoisotopic (exact) mass is 307 g/mol. The van der Waals surface area contributed by atoms with Crippen molar-refractivity contribution in [3.05, 3.63) is 63.1 Å². The fraction of sp³-hybridized carbons (Fsp3) is 0.294. The zero-order chi connectivity index (χ0) is 14.5. The van der Waals surface area contributed by atoms with Crippen molar-refractivity contribution in [3.63, 3.8) is 0 Å². The summed E-state index contributed by atoms with van der Waals surface area (Å²) in [5, 5.41) is 4.91. The Kier molecular flexibility index (Phi) is 5.33. The van der Waals surface area contributed by atoms with E-state index in [4.69, 9.17) is 23.2 Å². The molecular weight excluding hydrogens is 289 g/mol. The van der Waals surface area contributed by atoms with Gasteiger partial charge in [0, 0.05) is 22.3 Å². The second-order valence-corrected chi connectivity index (χ2v) is 5.59. The predicted molar refractivity (Wildman–Crippen MR) is 89.0 cm³/mol. The zero-order valence-electron chi connectivity index (χ0n) is 11.8. The molecule has 1 N–H and O–H groups in total. The van der Waals surface area contributed by atoms with Gasteiger partial charge in [0.25, 0.3) is 0 Å². The van der Waals surface area contributed by atoms with Gasteiger partial charge in [0.05, 0.1) is 0 Å². The number of para-hydroxylation sites is 1. The Labute approximate surface area is 130 Å². The van der Waals surface area contributed by atoms with E-state index < -0.39 is 0 Å². The van der Waals surface area contributed by atoms with E-state index in [1.54, 1.807) is 6.07 Å². The molecule has 2 aromatic carbocycles. The molecule has 0 heterocycles. The van der Waals surface area contributed by atoms with Gasteiger partial charge in [-0.15, -0.1) is 0 Å². The van der Waals surface area contributed by atoms with E-state index in [2.05, 4.69) is 37.4 Å². The topological polar surface area (TPSA) is 12.0 Å². The van der Waals surface area contributed by atoms with Gasteiger partial charge in [0.2, 0.25) is 0 Å². The molecule has 0 amide bonds. The van der Waals surface area contributed by atoms with Crippen molar-refractivity contribution in [2.24, 2.45) is 0 Å². The third-order valence-electron chi connectivity index (χ3n) is 3.47. The van der Waals surface area contributed by atoms with E-state index in [0.717, 1.165) is 18.4 Å². The van der Waals surface area contributed by atoms with Gasteiger partial charge in [-0.25, -0.2) is 0 Å². The van der Waals surface area contributed by atoms with Crippen LogP contribution >= 0.6 is 23.2 Å². The SMILES string of the molecule is CCc1cccc(CC)c1NCc1ccc(Cl)cc1Cl. The van der Waals surface area contributed by atoms with Crippen molar-refractivity contribution in [1.82, 2.24) is 0 Å². The molecule has 0 spiro atoms. The molecule has 2 aromatic rings. The van der Waals surface area contributed by atoms with E-state index >= 15 is 0 Å². The van der Waals surface area contributed by atoms with Crippen LogP contribution < -0.4 is 5.32 Å². The minimum Gasteiger partial charge on any atom is -0.380 e. The van der Waals surface area contributed by atoms with E-state index in [1.165, 1.54) is 16.8 Å². The molecule has 0 fully saturated rings. The molecule has 0 aliphatic heterocycles. The van der Waals surface area contributed by atoms with Crippen molar-refractivity contribution >= 4 is 28.9 Å². The Morgan fingerprint density at radius 3 is 2.10 bits per heavy atom. The maximum absolute atomic E-state index is 6.22. The third-order valence-corrected chi connectivity index (χ3v) is 4.06. The van der Waals surface area contributed by atoms with Crippen LogP contribution in [0, 0.1) is 0 Å². The summed E-state index contributed by atoms with van der Waals surface area (Å²) in [4.78, 5) is 0. The number of aryl methyl sites for hydroxylation is 2. The number of hydrogen-bond donors (Lipinski definition) is 1. The lowest BCUT2D eigenvalue weighted by molar-refractivity contribution is 1.05. The highest BCUT2D eigenvalue weighted by Crippen LogP contribution is 2.26. The molecule has 0 bridgehead atoms. The van der Waals surface area contributed by atoms with Gasteiger partial charge in [0.15, 0.2) is 0 Å². The van der Waals surface area contributed by atoms with Gasteiger partial charge in [-0.05, 0) is 41.7 Å². The van der Waals surface area contributed by atoms with Crippen LogP contribution in [-0.4, -0.2) is 0 Å². The molecule has 0 saturated heterocycles. The summed E-state index contributed by atoms with van der Waals surface area (Å²) in [6.07, 6.45) is 2.04. The normalized spacial score (nSPS) is 10.6. The van der Waals surface area contributed by atoms with Crippen molar-refractivity contribution < 1.29 is 0 Å². The molecule has 0 aliphatic carbocycles.